The molecule has 0 atom stereocenters. The molecule has 1 aromatic heterocycles. The Hall–Kier alpha value is -1.59. The lowest BCUT2D eigenvalue weighted by atomic mass is 10.1. The molecule has 1 heterocycles. The summed E-state index contributed by atoms with van der Waals surface area (Å²) in [6.45, 7) is 1.99. The van der Waals surface area contributed by atoms with Gasteiger partial charge in [0.15, 0.2) is 5.13 Å². The molecular weight excluding hydrogens is 308 g/mol. The highest BCUT2D eigenvalue weighted by molar-refractivity contribution is 7.16. The second kappa shape index (κ2) is 7.43. The first-order chi connectivity index (χ1) is 10.1. The van der Waals surface area contributed by atoms with E-state index in [9.17, 15) is 4.79 Å². The summed E-state index contributed by atoms with van der Waals surface area (Å²) in [5, 5.41) is 3.44. The van der Waals surface area contributed by atoms with Gasteiger partial charge < -0.3 is 10.1 Å². The third kappa shape index (κ3) is 4.19. The minimum Gasteiger partial charge on any atom is -0.497 e. The molecule has 0 radical (unpaired) electrons. The zero-order valence-electron chi connectivity index (χ0n) is 12.0. The van der Waals surface area contributed by atoms with Crippen LogP contribution in [0.5, 0.6) is 5.75 Å². The molecule has 2 rings (SSSR count). The molecule has 4 nitrogen and oxygen atoms in total. The Labute approximate surface area is 133 Å². The van der Waals surface area contributed by atoms with Gasteiger partial charge in [0.05, 0.1) is 12.8 Å². The van der Waals surface area contributed by atoms with Gasteiger partial charge in [-0.25, -0.2) is 4.98 Å². The highest BCUT2D eigenvalue weighted by atomic mass is 35.5. The number of halogens is 1. The Morgan fingerprint density at radius 2 is 2.10 bits per heavy atom. The van der Waals surface area contributed by atoms with Crippen LogP contribution in [-0.2, 0) is 4.79 Å². The summed E-state index contributed by atoms with van der Waals surface area (Å²) in [6.07, 6.45) is 1.09. The Morgan fingerprint density at radius 3 is 2.71 bits per heavy atom. The molecule has 6 heteroatoms. The van der Waals surface area contributed by atoms with Crippen LogP contribution >= 0.6 is 22.9 Å². The Morgan fingerprint density at radius 1 is 1.38 bits per heavy atom. The highest BCUT2D eigenvalue weighted by Crippen LogP contribution is 2.31. The standard InChI is InChI=1S/C15H17ClN2O2S/c1-10-14(11-5-7-12(20-2)8-6-11)18-15(21-10)17-13(19)4-3-9-16/h5-8H,3-4,9H2,1-2H3,(H,17,18,19). The first-order valence-corrected chi connectivity index (χ1v) is 7.97. The Balaban J connectivity index is 2.12. The van der Waals surface area contributed by atoms with Gasteiger partial charge in [0.25, 0.3) is 0 Å². The third-order valence-electron chi connectivity index (χ3n) is 2.94. The average molecular weight is 325 g/mol. The lowest BCUT2D eigenvalue weighted by molar-refractivity contribution is -0.116. The number of rotatable bonds is 6. The van der Waals surface area contributed by atoms with Crippen molar-refractivity contribution in [3.05, 3.63) is 29.1 Å². The SMILES string of the molecule is COc1ccc(-c2nc(NC(=O)CCCCl)sc2C)cc1. The van der Waals surface area contributed by atoms with E-state index in [1.807, 2.05) is 31.2 Å². The van der Waals surface area contributed by atoms with Crippen LogP contribution in [0.4, 0.5) is 5.13 Å². The van der Waals surface area contributed by atoms with E-state index in [-0.39, 0.29) is 5.91 Å². The van der Waals surface area contributed by atoms with E-state index >= 15 is 0 Å². The van der Waals surface area contributed by atoms with Gasteiger partial charge in [0.1, 0.15) is 5.75 Å². The van der Waals surface area contributed by atoms with Crippen molar-refractivity contribution in [2.75, 3.05) is 18.3 Å². The number of carbonyl (C=O) groups excluding carboxylic acids is 1. The number of aromatic nitrogens is 1. The van der Waals surface area contributed by atoms with E-state index in [2.05, 4.69) is 10.3 Å². The van der Waals surface area contributed by atoms with Gasteiger partial charge in [-0.1, -0.05) is 0 Å². The maximum Gasteiger partial charge on any atom is 0.226 e. The molecule has 0 aliphatic carbocycles. The number of alkyl halides is 1. The second-order valence-corrected chi connectivity index (χ2v) is 6.07. The van der Waals surface area contributed by atoms with Crippen LogP contribution in [0.2, 0.25) is 0 Å². The number of ether oxygens (including phenoxy) is 1. The van der Waals surface area contributed by atoms with Gasteiger partial charge in [0.2, 0.25) is 5.91 Å². The lowest BCUT2D eigenvalue weighted by Gasteiger charge is -2.02. The first-order valence-electron chi connectivity index (χ1n) is 6.61. The zero-order chi connectivity index (χ0) is 15.2. The summed E-state index contributed by atoms with van der Waals surface area (Å²) < 4.78 is 5.15. The van der Waals surface area contributed by atoms with Crippen molar-refractivity contribution in [1.29, 1.82) is 0 Å². The summed E-state index contributed by atoms with van der Waals surface area (Å²) in [4.78, 5) is 17.3. The number of methoxy groups -OCH3 is 1. The summed E-state index contributed by atoms with van der Waals surface area (Å²) in [5.74, 6) is 1.24. The van der Waals surface area contributed by atoms with Crippen molar-refractivity contribution in [2.24, 2.45) is 0 Å². The molecule has 0 aliphatic rings. The molecule has 0 spiro atoms. The molecule has 1 aromatic carbocycles. The number of nitrogens with zero attached hydrogens (tertiary/aromatic N) is 1. The van der Waals surface area contributed by atoms with Crippen LogP contribution in [-0.4, -0.2) is 23.9 Å². The van der Waals surface area contributed by atoms with E-state index in [1.165, 1.54) is 11.3 Å². The number of thiazole rings is 1. The quantitative estimate of drug-likeness (QED) is 0.814. The van der Waals surface area contributed by atoms with E-state index in [0.717, 1.165) is 21.9 Å². The topological polar surface area (TPSA) is 51.2 Å². The van der Waals surface area contributed by atoms with Gasteiger partial charge in [-0.2, -0.15) is 0 Å². The van der Waals surface area contributed by atoms with Gasteiger partial charge in [0, 0.05) is 22.7 Å². The number of hydrogen-bond acceptors (Lipinski definition) is 4. The predicted molar refractivity (Wildman–Crippen MR) is 87.4 cm³/mol. The van der Waals surface area contributed by atoms with Crippen LogP contribution in [0.1, 0.15) is 17.7 Å². The summed E-state index contributed by atoms with van der Waals surface area (Å²) in [6, 6.07) is 7.71. The van der Waals surface area contributed by atoms with E-state index in [1.54, 1.807) is 7.11 Å². The fourth-order valence-electron chi connectivity index (χ4n) is 1.88. The third-order valence-corrected chi connectivity index (χ3v) is 4.10. The minimum atomic E-state index is -0.0503. The van der Waals surface area contributed by atoms with Crippen LogP contribution in [0.15, 0.2) is 24.3 Å². The molecule has 0 saturated carbocycles. The number of amides is 1. The molecule has 2 aromatic rings. The van der Waals surface area contributed by atoms with Gasteiger partial charge in [-0.15, -0.1) is 22.9 Å². The largest absolute Gasteiger partial charge is 0.497 e. The highest BCUT2D eigenvalue weighted by Gasteiger charge is 2.12. The van der Waals surface area contributed by atoms with Crippen molar-refractivity contribution >= 4 is 34.0 Å². The van der Waals surface area contributed by atoms with Gasteiger partial charge in [-0.05, 0) is 37.6 Å². The van der Waals surface area contributed by atoms with Crippen LogP contribution in [0.25, 0.3) is 11.3 Å². The van der Waals surface area contributed by atoms with Crippen molar-refractivity contribution < 1.29 is 9.53 Å². The maximum absolute atomic E-state index is 11.7. The number of benzene rings is 1. The lowest BCUT2D eigenvalue weighted by Crippen LogP contribution is -2.10. The Kier molecular flexibility index (Phi) is 5.59. The molecule has 1 N–H and O–H groups in total. The first kappa shape index (κ1) is 15.8. The molecule has 21 heavy (non-hydrogen) atoms. The Bertz CT molecular complexity index is 611. The van der Waals surface area contributed by atoms with Crippen LogP contribution < -0.4 is 10.1 Å². The van der Waals surface area contributed by atoms with Crippen molar-refractivity contribution in [3.8, 4) is 17.0 Å². The normalized spacial score (nSPS) is 10.4. The molecule has 0 aliphatic heterocycles. The fraction of sp³-hybridized carbons (Fsp3) is 0.333. The molecule has 0 fully saturated rings. The minimum absolute atomic E-state index is 0.0503. The van der Waals surface area contributed by atoms with E-state index in [4.69, 9.17) is 16.3 Å². The summed E-state index contributed by atoms with van der Waals surface area (Å²) >= 11 is 7.05. The molecule has 0 saturated heterocycles. The number of aryl methyl sites for hydroxylation is 1. The predicted octanol–water partition coefficient (Wildman–Crippen LogP) is 4.08. The van der Waals surface area contributed by atoms with Crippen LogP contribution in [0, 0.1) is 6.92 Å². The monoisotopic (exact) mass is 324 g/mol. The molecule has 112 valence electrons. The molecule has 1 amide bonds. The van der Waals surface area contributed by atoms with Crippen LogP contribution in [0.3, 0.4) is 0 Å². The number of anilines is 1. The molecule has 0 bridgehead atoms. The zero-order valence-corrected chi connectivity index (χ0v) is 13.6. The van der Waals surface area contributed by atoms with E-state index < -0.39 is 0 Å². The molecule has 0 unspecified atom stereocenters. The number of nitrogens with one attached hydrogen (secondary N) is 1. The van der Waals surface area contributed by atoms with Crippen molar-refractivity contribution in [2.45, 2.75) is 19.8 Å². The second-order valence-electron chi connectivity index (χ2n) is 4.49. The van der Waals surface area contributed by atoms with Crippen molar-refractivity contribution in [3.63, 3.8) is 0 Å². The number of carbonyl (C=O) groups is 1. The van der Waals surface area contributed by atoms with Gasteiger partial charge >= 0.3 is 0 Å². The number of hydrogen-bond donors (Lipinski definition) is 1. The smallest absolute Gasteiger partial charge is 0.226 e. The average Bonchev–Trinajstić information content (AvgIpc) is 2.85. The fourth-order valence-corrected chi connectivity index (χ4v) is 2.86. The van der Waals surface area contributed by atoms with Crippen molar-refractivity contribution in [1.82, 2.24) is 4.98 Å². The van der Waals surface area contributed by atoms with Gasteiger partial charge in [-0.3, -0.25) is 4.79 Å². The molecular formula is C15H17ClN2O2S. The van der Waals surface area contributed by atoms with E-state index in [0.29, 0.717) is 23.9 Å². The summed E-state index contributed by atoms with van der Waals surface area (Å²) in [5.41, 5.74) is 1.89. The maximum atomic E-state index is 11.7. The summed E-state index contributed by atoms with van der Waals surface area (Å²) in [7, 11) is 1.64.